The van der Waals surface area contributed by atoms with E-state index in [2.05, 4.69) is 11.1 Å². The minimum absolute atomic E-state index is 0.0961. The maximum absolute atomic E-state index is 12.3. The molecule has 1 amide bonds. The number of rotatable bonds is 7. The van der Waals surface area contributed by atoms with E-state index < -0.39 is 6.10 Å². The van der Waals surface area contributed by atoms with Crippen molar-refractivity contribution in [2.45, 2.75) is 38.2 Å². The Morgan fingerprint density at radius 2 is 2.46 bits per heavy atom. The lowest BCUT2D eigenvalue weighted by atomic mass is 10.1. The molecule has 1 atom stereocenters. The van der Waals surface area contributed by atoms with Crippen molar-refractivity contribution < 1.29 is 18.8 Å². The van der Waals surface area contributed by atoms with E-state index in [0.717, 1.165) is 40.5 Å². The molecule has 1 aromatic rings. The first-order valence-electron chi connectivity index (χ1n) is 7.94. The molecule has 2 heterocycles. The Morgan fingerprint density at radius 3 is 3.25 bits per heavy atom. The molecule has 6 nitrogen and oxygen atoms in total. The number of carbonyl (C=O) groups is 1. The van der Waals surface area contributed by atoms with Gasteiger partial charge in [-0.1, -0.05) is 0 Å². The first-order chi connectivity index (χ1) is 11.7. The topological polar surface area (TPSA) is 76.4 Å². The van der Waals surface area contributed by atoms with E-state index in [1.54, 1.807) is 23.0 Å². The summed E-state index contributed by atoms with van der Waals surface area (Å²) in [7, 11) is 1.55. The van der Waals surface area contributed by atoms with Gasteiger partial charge in [-0.15, -0.1) is 4.58 Å². The van der Waals surface area contributed by atoms with Gasteiger partial charge in [-0.3, -0.25) is 0 Å². The number of methoxy groups -OCH3 is 1. The first-order valence-corrected chi connectivity index (χ1v) is 8.76. The number of nitriles is 1. The number of nitrogens with zero attached hydrogens (tertiary/aromatic N) is 3. The fourth-order valence-electron chi connectivity index (χ4n) is 2.68. The predicted octanol–water partition coefficient (Wildman–Crippen LogP) is 2.13. The van der Waals surface area contributed by atoms with E-state index in [4.69, 9.17) is 14.7 Å². The van der Waals surface area contributed by atoms with E-state index >= 15 is 0 Å². The molecule has 0 N–H and O–H groups in total. The maximum atomic E-state index is 12.3. The van der Waals surface area contributed by atoms with E-state index in [1.807, 2.05) is 12.5 Å². The zero-order valence-electron chi connectivity index (χ0n) is 13.5. The smallest absolute Gasteiger partial charge is 0.438 e. The monoisotopic (exact) mass is 345 g/mol. The molecule has 1 aliphatic heterocycles. The standard InChI is InChI=1S/C17H19N3O3S/c1-22-10-14-17(21)20(11-23-14)12-6-7-13-15(9-12)24-16(19-13)5-3-2-4-8-18/h7,9,11,14H,2-6,10H2,1H3/t14-/m1/s1. The van der Waals surface area contributed by atoms with Gasteiger partial charge in [0.1, 0.15) is 0 Å². The Labute approximate surface area is 145 Å². The van der Waals surface area contributed by atoms with Crippen molar-refractivity contribution in [2.24, 2.45) is 0 Å². The zero-order valence-corrected chi connectivity index (χ0v) is 14.3. The van der Waals surface area contributed by atoms with Crippen molar-refractivity contribution in [2.75, 3.05) is 13.7 Å². The molecule has 0 bridgehead atoms. The molecule has 0 unspecified atom stereocenters. The highest BCUT2D eigenvalue weighted by Crippen LogP contribution is 2.31. The van der Waals surface area contributed by atoms with Gasteiger partial charge in [0.25, 0.3) is 6.10 Å². The zero-order chi connectivity index (χ0) is 16.9. The van der Waals surface area contributed by atoms with Crippen LogP contribution >= 0.6 is 11.3 Å². The number of hydrogen-bond acceptors (Lipinski definition) is 4. The second-order valence-corrected chi connectivity index (χ2v) is 6.78. The molecule has 0 spiro atoms. The lowest BCUT2D eigenvalue weighted by Gasteiger charge is -2.18. The Hall–Kier alpha value is -2.17. The molecule has 1 aromatic heterocycles. The highest BCUT2D eigenvalue weighted by molar-refractivity contribution is 7.12. The Balaban J connectivity index is 1.68. The third-order valence-corrected chi connectivity index (χ3v) is 5.01. The predicted molar refractivity (Wildman–Crippen MR) is 89.3 cm³/mol. The van der Waals surface area contributed by atoms with Crippen LogP contribution in [0.2, 0.25) is 0 Å². The van der Waals surface area contributed by atoms with Crippen LogP contribution in [0.4, 0.5) is 0 Å². The largest absolute Gasteiger partial charge is 0.639 e. The Kier molecular flexibility index (Phi) is 5.28. The van der Waals surface area contributed by atoms with Crippen molar-refractivity contribution in [3.8, 4) is 6.07 Å². The maximum Gasteiger partial charge on any atom is 0.438 e. The van der Waals surface area contributed by atoms with Gasteiger partial charge in [0.05, 0.1) is 33.9 Å². The minimum atomic E-state index is -0.561. The third-order valence-electron chi connectivity index (χ3n) is 3.93. The summed E-state index contributed by atoms with van der Waals surface area (Å²) in [5, 5.41) is 9.65. The molecule has 7 heteroatoms. The average Bonchev–Trinajstić information content (AvgIpc) is 3.15. The van der Waals surface area contributed by atoms with Crippen molar-refractivity contribution in [3.63, 3.8) is 0 Å². The quantitative estimate of drug-likeness (QED) is 0.327. The van der Waals surface area contributed by atoms with Crippen molar-refractivity contribution in [1.29, 1.82) is 5.26 Å². The van der Waals surface area contributed by atoms with Crippen molar-refractivity contribution in [1.82, 2.24) is 4.98 Å². The van der Waals surface area contributed by atoms with Gasteiger partial charge < -0.3 is 14.5 Å². The number of amides is 1. The van der Waals surface area contributed by atoms with Gasteiger partial charge in [-0.05, 0) is 25.3 Å². The minimum Gasteiger partial charge on any atom is -0.639 e. The number of fused-ring (bicyclic) bond motifs is 1. The number of thiazole rings is 1. The summed E-state index contributed by atoms with van der Waals surface area (Å²) in [6.07, 6.45) is 8.98. The highest BCUT2D eigenvalue weighted by Gasteiger charge is 2.39. The molecule has 1 aliphatic carbocycles. The third kappa shape index (κ3) is 3.50. The average molecular weight is 345 g/mol. The molecular formula is C17H19N3O3S. The lowest BCUT2D eigenvalue weighted by Crippen LogP contribution is -2.29. The number of carbonyl (C=O) groups excluding carboxylic acids is 1. The van der Waals surface area contributed by atoms with E-state index in [9.17, 15) is 4.79 Å². The summed E-state index contributed by atoms with van der Waals surface area (Å²) >= 11 is 1.65. The molecule has 126 valence electrons. The van der Waals surface area contributed by atoms with Crippen LogP contribution < -0.4 is 4.98 Å². The number of aromatic nitrogens is 1. The molecule has 24 heavy (non-hydrogen) atoms. The SMILES string of the molecule is COC[C@H]1OC=[N+](C2=Cc3[s+]c(CCCCC#N)[n-]c3[CH-]C2)C1=O. The molecular weight excluding hydrogens is 326 g/mol. The number of ether oxygens (including phenoxy) is 2. The van der Waals surface area contributed by atoms with Crippen LogP contribution in [0, 0.1) is 17.8 Å². The summed E-state index contributed by atoms with van der Waals surface area (Å²) in [5.41, 5.74) is 1.88. The second kappa shape index (κ2) is 7.60. The summed E-state index contributed by atoms with van der Waals surface area (Å²) in [6.45, 7) is 0.251. The van der Waals surface area contributed by atoms with Gasteiger partial charge in [-0.25, -0.2) is 16.9 Å². The van der Waals surface area contributed by atoms with Crippen LogP contribution in [0.25, 0.3) is 6.08 Å². The van der Waals surface area contributed by atoms with Crippen LogP contribution in [-0.4, -0.2) is 36.7 Å². The van der Waals surface area contributed by atoms with Crippen molar-refractivity contribution in [3.05, 3.63) is 27.7 Å². The van der Waals surface area contributed by atoms with Crippen LogP contribution in [0.15, 0.2) is 5.70 Å². The van der Waals surface area contributed by atoms with Gasteiger partial charge in [-0.2, -0.15) is 5.26 Å². The molecule has 0 fully saturated rings. The van der Waals surface area contributed by atoms with E-state index in [1.165, 1.54) is 6.40 Å². The van der Waals surface area contributed by atoms with E-state index in [0.29, 0.717) is 12.8 Å². The molecule has 0 aromatic carbocycles. The number of aryl methyl sites for hydroxylation is 1. The van der Waals surface area contributed by atoms with Crippen LogP contribution in [0.5, 0.6) is 0 Å². The van der Waals surface area contributed by atoms with Crippen LogP contribution in [0.3, 0.4) is 0 Å². The molecule has 0 saturated heterocycles. The second-order valence-electron chi connectivity index (χ2n) is 5.66. The number of hydrogen-bond donors (Lipinski definition) is 0. The van der Waals surface area contributed by atoms with Crippen LogP contribution in [-0.2, 0) is 20.7 Å². The number of allylic oxidation sites excluding steroid dienone is 1. The summed E-state index contributed by atoms with van der Waals surface area (Å²) < 4.78 is 11.9. The fraction of sp³-hybridized carbons (Fsp3) is 0.471. The van der Waals surface area contributed by atoms with E-state index in [-0.39, 0.29) is 12.5 Å². The summed E-state index contributed by atoms with van der Waals surface area (Å²) in [4.78, 5) is 18.0. The van der Waals surface area contributed by atoms with Crippen LogP contribution in [0.1, 0.15) is 41.3 Å². The Bertz CT molecular complexity index is 730. The molecule has 0 saturated carbocycles. The molecule has 0 radical (unpaired) electrons. The lowest BCUT2D eigenvalue weighted by molar-refractivity contribution is -0.392. The fourth-order valence-corrected chi connectivity index (χ4v) is 3.75. The van der Waals surface area contributed by atoms with Gasteiger partial charge >= 0.3 is 12.3 Å². The van der Waals surface area contributed by atoms with Gasteiger partial charge in [0.15, 0.2) is 5.70 Å². The van der Waals surface area contributed by atoms with Gasteiger partial charge in [0, 0.05) is 20.0 Å². The van der Waals surface area contributed by atoms with Crippen molar-refractivity contribution >= 4 is 29.7 Å². The summed E-state index contributed by atoms with van der Waals surface area (Å²) in [6, 6.07) is 2.16. The van der Waals surface area contributed by atoms with Gasteiger partial charge in [0.2, 0.25) is 0 Å². The first kappa shape index (κ1) is 16.7. The highest BCUT2D eigenvalue weighted by atomic mass is 32.1. The molecule has 2 aliphatic rings. The Morgan fingerprint density at radius 1 is 1.58 bits per heavy atom. The molecule has 3 rings (SSSR count). The number of unbranched alkanes of at least 4 members (excludes halogenated alkanes) is 2. The normalized spacial score (nSPS) is 19.0. The summed E-state index contributed by atoms with van der Waals surface area (Å²) in [5.74, 6) is -0.0961.